The van der Waals surface area contributed by atoms with Gasteiger partial charge >= 0.3 is 0 Å². The molecule has 1 radical (unpaired) electrons. The van der Waals surface area contributed by atoms with Crippen LogP contribution in [-0.2, 0) is 16.1 Å². The van der Waals surface area contributed by atoms with Gasteiger partial charge in [-0.25, -0.2) is 0 Å². The van der Waals surface area contributed by atoms with Gasteiger partial charge in [-0.15, -0.1) is 0 Å². The van der Waals surface area contributed by atoms with Crippen LogP contribution in [-0.4, -0.2) is 26.0 Å². The van der Waals surface area contributed by atoms with Crippen LogP contribution in [0.1, 0.15) is 5.56 Å². The first-order chi connectivity index (χ1) is 6.86. The zero-order valence-corrected chi connectivity index (χ0v) is 8.19. The molecular weight excluding hydrogens is 178 g/mol. The quantitative estimate of drug-likeness (QED) is 0.727. The molecule has 75 valence electrons. The minimum atomic E-state index is -0.335. The molecule has 0 saturated carbocycles. The molecule has 0 fully saturated rings. The molecule has 3 nitrogen and oxygen atoms in total. The van der Waals surface area contributed by atoms with Crippen molar-refractivity contribution in [1.82, 2.24) is 5.32 Å². The molecule has 0 aliphatic carbocycles. The van der Waals surface area contributed by atoms with Crippen LogP contribution in [0.4, 0.5) is 0 Å². The third kappa shape index (κ3) is 3.68. The number of ether oxygens (including phenoxy) is 1. The fraction of sp³-hybridized carbons (Fsp3) is 0.364. The van der Waals surface area contributed by atoms with Crippen molar-refractivity contribution in [1.29, 1.82) is 0 Å². The molecule has 0 aliphatic rings. The monoisotopic (exact) mass is 192 g/mol. The van der Waals surface area contributed by atoms with Crippen LogP contribution in [0.5, 0.6) is 0 Å². The highest BCUT2D eigenvalue weighted by Gasteiger charge is 2.04. The van der Waals surface area contributed by atoms with Crippen molar-refractivity contribution in [2.45, 2.75) is 12.6 Å². The van der Waals surface area contributed by atoms with Crippen molar-refractivity contribution in [3.63, 3.8) is 0 Å². The maximum atomic E-state index is 10.3. The number of hydrogen-bond acceptors (Lipinski definition) is 3. The van der Waals surface area contributed by atoms with Crippen LogP contribution in [0, 0.1) is 0 Å². The van der Waals surface area contributed by atoms with Crippen LogP contribution in [0.3, 0.4) is 0 Å². The molecule has 0 amide bonds. The summed E-state index contributed by atoms with van der Waals surface area (Å²) in [5.74, 6) is 0. The average Bonchev–Trinajstić information content (AvgIpc) is 2.26. The summed E-state index contributed by atoms with van der Waals surface area (Å²) in [7, 11) is 1.71. The van der Waals surface area contributed by atoms with E-state index in [9.17, 15) is 4.79 Å². The molecular formula is C11H14NO2. The minimum absolute atomic E-state index is 0.335. The summed E-state index contributed by atoms with van der Waals surface area (Å²) < 4.78 is 5.34. The topological polar surface area (TPSA) is 38.3 Å². The van der Waals surface area contributed by atoms with Crippen molar-refractivity contribution < 1.29 is 9.53 Å². The van der Waals surface area contributed by atoms with Gasteiger partial charge in [0.2, 0.25) is 6.29 Å². The summed E-state index contributed by atoms with van der Waals surface area (Å²) in [5.41, 5.74) is 1.10. The van der Waals surface area contributed by atoms with Crippen LogP contribution in [0.15, 0.2) is 30.3 Å². The largest absolute Gasteiger partial charge is 0.375 e. The maximum absolute atomic E-state index is 10.3. The zero-order chi connectivity index (χ0) is 10.2. The SMILES string of the molecule is CNC([C]=O)COCc1ccccc1. The van der Waals surface area contributed by atoms with Crippen molar-refractivity contribution in [3.05, 3.63) is 35.9 Å². The Balaban J connectivity index is 2.25. The zero-order valence-electron chi connectivity index (χ0n) is 8.19. The molecule has 0 aromatic heterocycles. The van der Waals surface area contributed by atoms with Gasteiger partial charge in [0.15, 0.2) is 0 Å². The molecule has 1 aromatic rings. The number of rotatable bonds is 6. The summed E-state index contributed by atoms with van der Waals surface area (Å²) in [5, 5.41) is 2.79. The van der Waals surface area contributed by atoms with Gasteiger partial charge in [0, 0.05) is 0 Å². The molecule has 0 heterocycles. The molecule has 3 heteroatoms. The van der Waals surface area contributed by atoms with Crippen LogP contribution in [0.2, 0.25) is 0 Å². The van der Waals surface area contributed by atoms with Gasteiger partial charge in [-0.3, -0.25) is 4.79 Å². The number of nitrogens with one attached hydrogen (secondary N) is 1. The molecule has 1 rings (SSSR count). The van der Waals surface area contributed by atoms with E-state index in [0.29, 0.717) is 13.2 Å². The Morgan fingerprint density at radius 3 is 2.71 bits per heavy atom. The first-order valence-corrected chi connectivity index (χ1v) is 4.53. The van der Waals surface area contributed by atoms with Gasteiger partial charge in [-0.2, -0.15) is 0 Å². The van der Waals surface area contributed by atoms with E-state index in [1.54, 1.807) is 7.05 Å². The van der Waals surface area contributed by atoms with E-state index < -0.39 is 0 Å². The second-order valence-electron chi connectivity index (χ2n) is 2.96. The Labute approximate surface area is 84.1 Å². The Bertz CT molecular complexity index is 261. The van der Waals surface area contributed by atoms with Crippen molar-refractivity contribution in [2.24, 2.45) is 0 Å². The van der Waals surface area contributed by atoms with E-state index in [1.165, 1.54) is 0 Å². The fourth-order valence-electron chi connectivity index (χ4n) is 1.05. The number of hydrogen-bond donors (Lipinski definition) is 1. The van der Waals surface area contributed by atoms with Crippen molar-refractivity contribution in [3.8, 4) is 0 Å². The van der Waals surface area contributed by atoms with E-state index in [0.717, 1.165) is 5.56 Å². The van der Waals surface area contributed by atoms with Crippen molar-refractivity contribution in [2.75, 3.05) is 13.7 Å². The normalized spacial score (nSPS) is 12.4. The highest BCUT2D eigenvalue weighted by molar-refractivity contribution is 5.58. The molecule has 1 unspecified atom stereocenters. The molecule has 1 atom stereocenters. The van der Waals surface area contributed by atoms with Crippen LogP contribution >= 0.6 is 0 Å². The number of benzene rings is 1. The predicted molar refractivity (Wildman–Crippen MR) is 54.6 cm³/mol. The highest BCUT2D eigenvalue weighted by Crippen LogP contribution is 2.00. The highest BCUT2D eigenvalue weighted by atomic mass is 16.5. The lowest BCUT2D eigenvalue weighted by atomic mass is 10.2. The summed E-state index contributed by atoms with van der Waals surface area (Å²) in [6, 6.07) is 9.51. The second-order valence-corrected chi connectivity index (χ2v) is 2.96. The molecule has 1 N–H and O–H groups in total. The van der Waals surface area contributed by atoms with E-state index >= 15 is 0 Å². The summed E-state index contributed by atoms with van der Waals surface area (Å²) in [4.78, 5) is 10.3. The third-order valence-electron chi connectivity index (χ3n) is 1.89. The number of likely N-dealkylation sites (N-methyl/N-ethyl adjacent to an activating group) is 1. The van der Waals surface area contributed by atoms with Gasteiger partial charge < -0.3 is 10.1 Å². The van der Waals surface area contributed by atoms with Gasteiger partial charge in [0.1, 0.15) is 0 Å². The molecule has 14 heavy (non-hydrogen) atoms. The van der Waals surface area contributed by atoms with Crippen LogP contribution in [0.25, 0.3) is 0 Å². The lowest BCUT2D eigenvalue weighted by molar-refractivity contribution is 0.113. The van der Waals surface area contributed by atoms with Gasteiger partial charge in [0.05, 0.1) is 19.3 Å². The molecule has 0 bridgehead atoms. The summed E-state index contributed by atoms with van der Waals surface area (Å²) in [6.07, 6.45) is 1.85. The molecule has 1 aromatic carbocycles. The van der Waals surface area contributed by atoms with Crippen LogP contribution < -0.4 is 5.32 Å². The van der Waals surface area contributed by atoms with Crippen molar-refractivity contribution >= 4 is 6.29 Å². The second kappa shape index (κ2) is 6.29. The van der Waals surface area contributed by atoms with Gasteiger partial charge in [-0.1, -0.05) is 30.3 Å². The maximum Gasteiger partial charge on any atom is 0.219 e. The molecule has 0 aliphatic heterocycles. The summed E-state index contributed by atoms with van der Waals surface area (Å²) in [6.45, 7) is 0.885. The first kappa shape index (κ1) is 10.9. The minimum Gasteiger partial charge on any atom is -0.375 e. The van der Waals surface area contributed by atoms with E-state index in [-0.39, 0.29) is 6.04 Å². The Morgan fingerprint density at radius 2 is 2.14 bits per heavy atom. The Kier molecular flexibility index (Phi) is 4.89. The molecule has 0 spiro atoms. The van der Waals surface area contributed by atoms with E-state index in [1.807, 2.05) is 36.6 Å². The predicted octanol–water partition coefficient (Wildman–Crippen LogP) is 0.901. The number of carbonyl (C=O) groups excluding carboxylic acids is 1. The molecule has 0 saturated heterocycles. The average molecular weight is 192 g/mol. The van der Waals surface area contributed by atoms with Gasteiger partial charge in [-0.05, 0) is 12.6 Å². The first-order valence-electron chi connectivity index (χ1n) is 4.53. The van der Waals surface area contributed by atoms with E-state index in [2.05, 4.69) is 5.32 Å². The Hall–Kier alpha value is -1.19. The fourth-order valence-corrected chi connectivity index (χ4v) is 1.05. The lowest BCUT2D eigenvalue weighted by Crippen LogP contribution is -2.31. The third-order valence-corrected chi connectivity index (χ3v) is 1.89. The van der Waals surface area contributed by atoms with Gasteiger partial charge in [0.25, 0.3) is 0 Å². The smallest absolute Gasteiger partial charge is 0.219 e. The standard InChI is InChI=1S/C11H14NO2/c1-12-11(7-13)9-14-8-10-5-3-2-4-6-10/h2-6,11-12H,8-9H2,1H3. The summed E-state index contributed by atoms with van der Waals surface area (Å²) >= 11 is 0. The van der Waals surface area contributed by atoms with E-state index in [4.69, 9.17) is 4.74 Å². The lowest BCUT2D eigenvalue weighted by Gasteiger charge is -2.08. The Morgan fingerprint density at radius 1 is 1.43 bits per heavy atom.